The standard InChI is InChI=1S/C8H16N2O/c1-5(2)6-8(3,4)11-7(9)10-6/h5-6H,1-4H3,(H2,9,10)/t6-/m0/s1. The fourth-order valence-corrected chi connectivity index (χ4v) is 1.60. The minimum Gasteiger partial charge on any atom is -0.457 e. The minimum atomic E-state index is -0.224. The van der Waals surface area contributed by atoms with Gasteiger partial charge in [-0.2, -0.15) is 0 Å². The molecule has 2 N–H and O–H groups in total. The van der Waals surface area contributed by atoms with Gasteiger partial charge in [0.25, 0.3) is 6.02 Å². The summed E-state index contributed by atoms with van der Waals surface area (Å²) in [6, 6.07) is 0.524. The maximum absolute atomic E-state index is 5.47. The van der Waals surface area contributed by atoms with Gasteiger partial charge in [0.1, 0.15) is 5.60 Å². The lowest BCUT2D eigenvalue weighted by atomic mass is 9.90. The largest absolute Gasteiger partial charge is 0.457 e. The predicted octanol–water partition coefficient (Wildman–Crippen LogP) is 1.13. The Morgan fingerprint density at radius 3 is 2.27 bits per heavy atom. The Labute approximate surface area is 67.6 Å². The monoisotopic (exact) mass is 156 g/mol. The van der Waals surface area contributed by atoms with Crippen LogP contribution < -0.4 is 5.73 Å². The third-order valence-corrected chi connectivity index (χ3v) is 1.98. The molecule has 1 aliphatic heterocycles. The van der Waals surface area contributed by atoms with Gasteiger partial charge in [0.2, 0.25) is 0 Å². The van der Waals surface area contributed by atoms with Crippen molar-refractivity contribution in [3.63, 3.8) is 0 Å². The lowest BCUT2D eigenvalue weighted by molar-refractivity contribution is 0.0792. The molecule has 0 aromatic rings. The van der Waals surface area contributed by atoms with Crippen LogP contribution in [0.15, 0.2) is 4.99 Å². The minimum absolute atomic E-state index is 0.197. The molecule has 0 bridgehead atoms. The first-order valence-electron chi connectivity index (χ1n) is 3.96. The van der Waals surface area contributed by atoms with Gasteiger partial charge in [-0.05, 0) is 19.8 Å². The number of aliphatic imine (C=N–C) groups is 1. The first kappa shape index (κ1) is 8.37. The first-order valence-corrected chi connectivity index (χ1v) is 3.96. The normalized spacial score (nSPS) is 28.5. The second-order valence-electron chi connectivity index (χ2n) is 3.86. The van der Waals surface area contributed by atoms with Gasteiger partial charge in [-0.3, -0.25) is 0 Å². The summed E-state index contributed by atoms with van der Waals surface area (Å²) in [5.41, 5.74) is 5.24. The van der Waals surface area contributed by atoms with E-state index in [1.54, 1.807) is 0 Å². The van der Waals surface area contributed by atoms with Gasteiger partial charge in [-0.25, -0.2) is 4.99 Å². The molecule has 3 nitrogen and oxygen atoms in total. The average Bonchev–Trinajstić information content (AvgIpc) is 2.04. The zero-order valence-corrected chi connectivity index (χ0v) is 7.59. The third-order valence-electron chi connectivity index (χ3n) is 1.98. The van der Waals surface area contributed by atoms with Crippen molar-refractivity contribution in [3.8, 4) is 0 Å². The summed E-state index contributed by atoms with van der Waals surface area (Å²) in [4.78, 5) is 4.21. The second-order valence-corrected chi connectivity index (χ2v) is 3.86. The highest BCUT2D eigenvalue weighted by Gasteiger charge is 2.39. The van der Waals surface area contributed by atoms with Crippen molar-refractivity contribution in [1.29, 1.82) is 0 Å². The topological polar surface area (TPSA) is 47.6 Å². The molecule has 0 fully saturated rings. The lowest BCUT2D eigenvalue weighted by Gasteiger charge is -2.26. The van der Waals surface area contributed by atoms with Crippen LogP contribution >= 0.6 is 0 Å². The van der Waals surface area contributed by atoms with Crippen LogP contribution in [0.2, 0.25) is 0 Å². The maximum Gasteiger partial charge on any atom is 0.282 e. The van der Waals surface area contributed by atoms with Crippen LogP contribution in [-0.2, 0) is 4.74 Å². The van der Waals surface area contributed by atoms with E-state index in [2.05, 4.69) is 18.8 Å². The number of nitrogens with two attached hydrogens (primary N) is 1. The highest BCUT2D eigenvalue weighted by Crippen LogP contribution is 2.28. The number of nitrogens with zero attached hydrogens (tertiary/aromatic N) is 1. The highest BCUT2D eigenvalue weighted by molar-refractivity contribution is 5.74. The van der Waals surface area contributed by atoms with Gasteiger partial charge in [0.05, 0.1) is 6.04 Å². The van der Waals surface area contributed by atoms with Crippen molar-refractivity contribution >= 4 is 6.02 Å². The third kappa shape index (κ3) is 1.47. The zero-order valence-electron chi connectivity index (χ0n) is 7.59. The van der Waals surface area contributed by atoms with Crippen molar-refractivity contribution in [2.24, 2.45) is 16.6 Å². The molecule has 64 valence electrons. The Bertz CT molecular complexity index is 185. The average molecular weight is 156 g/mol. The van der Waals surface area contributed by atoms with E-state index >= 15 is 0 Å². The molecule has 1 aliphatic rings. The smallest absolute Gasteiger partial charge is 0.282 e. The Balaban J connectivity index is 2.78. The van der Waals surface area contributed by atoms with Gasteiger partial charge >= 0.3 is 0 Å². The van der Waals surface area contributed by atoms with Crippen molar-refractivity contribution in [2.75, 3.05) is 0 Å². The molecule has 0 spiro atoms. The van der Waals surface area contributed by atoms with Crippen LogP contribution in [0.25, 0.3) is 0 Å². The molecule has 3 heteroatoms. The maximum atomic E-state index is 5.47. The Hall–Kier alpha value is -0.730. The predicted molar refractivity (Wildman–Crippen MR) is 45.4 cm³/mol. The first-order chi connectivity index (χ1) is 4.93. The Morgan fingerprint density at radius 2 is 2.09 bits per heavy atom. The number of amidine groups is 1. The van der Waals surface area contributed by atoms with Gasteiger partial charge in [0.15, 0.2) is 0 Å². The molecule has 0 radical (unpaired) electrons. The molecular formula is C8H16N2O. The number of hydrogen-bond donors (Lipinski definition) is 1. The van der Waals surface area contributed by atoms with Crippen molar-refractivity contribution < 1.29 is 4.74 Å². The number of hydrogen-bond acceptors (Lipinski definition) is 3. The summed E-state index contributed by atoms with van der Waals surface area (Å²) >= 11 is 0. The summed E-state index contributed by atoms with van der Waals surface area (Å²) in [6.07, 6.45) is 0. The fraction of sp³-hybridized carbons (Fsp3) is 0.875. The summed E-state index contributed by atoms with van der Waals surface area (Å²) in [6.45, 7) is 8.28. The van der Waals surface area contributed by atoms with Gasteiger partial charge in [-0.1, -0.05) is 13.8 Å². The molecule has 1 atom stereocenters. The number of ether oxygens (including phenoxy) is 1. The van der Waals surface area contributed by atoms with E-state index in [4.69, 9.17) is 10.5 Å². The molecule has 0 aromatic heterocycles. The zero-order chi connectivity index (χ0) is 8.65. The molecule has 0 unspecified atom stereocenters. The van der Waals surface area contributed by atoms with E-state index in [0.717, 1.165) is 0 Å². The molecule has 0 aromatic carbocycles. The molecule has 0 saturated carbocycles. The Morgan fingerprint density at radius 1 is 1.55 bits per heavy atom. The van der Waals surface area contributed by atoms with E-state index in [9.17, 15) is 0 Å². The summed E-state index contributed by atoms with van der Waals surface area (Å²) in [5.74, 6) is 0.478. The molecule has 0 amide bonds. The van der Waals surface area contributed by atoms with Gasteiger partial charge in [-0.15, -0.1) is 0 Å². The van der Waals surface area contributed by atoms with E-state index in [-0.39, 0.29) is 11.6 Å². The second kappa shape index (κ2) is 2.40. The highest BCUT2D eigenvalue weighted by atomic mass is 16.5. The van der Waals surface area contributed by atoms with Crippen molar-refractivity contribution in [3.05, 3.63) is 0 Å². The van der Waals surface area contributed by atoms with E-state index < -0.39 is 0 Å². The van der Waals surface area contributed by atoms with Gasteiger partial charge in [0, 0.05) is 0 Å². The molecule has 0 saturated heterocycles. The molecule has 11 heavy (non-hydrogen) atoms. The summed E-state index contributed by atoms with van der Waals surface area (Å²) in [7, 11) is 0. The van der Waals surface area contributed by atoms with E-state index in [1.807, 2.05) is 13.8 Å². The fourth-order valence-electron chi connectivity index (χ4n) is 1.60. The van der Waals surface area contributed by atoms with E-state index in [0.29, 0.717) is 11.9 Å². The van der Waals surface area contributed by atoms with Crippen LogP contribution in [0.5, 0.6) is 0 Å². The Kier molecular flexibility index (Phi) is 1.82. The van der Waals surface area contributed by atoms with Crippen molar-refractivity contribution in [2.45, 2.75) is 39.3 Å². The van der Waals surface area contributed by atoms with Crippen LogP contribution in [-0.4, -0.2) is 17.7 Å². The molecule has 1 rings (SSSR count). The summed E-state index contributed by atoms with van der Waals surface area (Å²) < 4.78 is 5.35. The molecule has 0 aliphatic carbocycles. The summed E-state index contributed by atoms with van der Waals surface area (Å²) in [5, 5.41) is 0. The SMILES string of the molecule is CC(C)[C@@H]1N=C(N)OC1(C)C. The van der Waals surface area contributed by atoms with Crippen LogP contribution in [0, 0.1) is 5.92 Å². The molecular weight excluding hydrogens is 140 g/mol. The van der Waals surface area contributed by atoms with Crippen molar-refractivity contribution in [1.82, 2.24) is 0 Å². The quantitative estimate of drug-likeness (QED) is 0.618. The van der Waals surface area contributed by atoms with Gasteiger partial charge < -0.3 is 10.5 Å². The molecule has 1 heterocycles. The van der Waals surface area contributed by atoms with Crippen LogP contribution in [0.1, 0.15) is 27.7 Å². The lowest BCUT2D eigenvalue weighted by Crippen LogP contribution is -2.37. The van der Waals surface area contributed by atoms with E-state index in [1.165, 1.54) is 0 Å². The number of rotatable bonds is 1. The van der Waals surface area contributed by atoms with Crippen LogP contribution in [0.4, 0.5) is 0 Å². The van der Waals surface area contributed by atoms with Crippen LogP contribution in [0.3, 0.4) is 0 Å².